The van der Waals surface area contributed by atoms with Crippen LogP contribution >= 0.6 is 0 Å². The second-order valence-electron chi connectivity index (χ2n) is 3.56. The van der Waals surface area contributed by atoms with Crippen molar-refractivity contribution in [2.45, 2.75) is 6.04 Å². The smallest absolute Gasteiger partial charge is 0.330 e. The lowest BCUT2D eigenvalue weighted by atomic mass is 10.2. The van der Waals surface area contributed by atoms with Crippen molar-refractivity contribution in [3.8, 4) is 0 Å². The number of carbonyl (C=O) groups is 1. The Morgan fingerprint density at radius 3 is 2.94 bits per heavy atom. The zero-order valence-electron chi connectivity index (χ0n) is 9.50. The van der Waals surface area contributed by atoms with Gasteiger partial charge in [0.15, 0.2) is 0 Å². The van der Waals surface area contributed by atoms with Crippen LogP contribution in [0.4, 0.5) is 0 Å². The van der Waals surface area contributed by atoms with E-state index < -0.39 is 0 Å². The molecule has 0 radical (unpaired) electrons. The maximum Gasteiger partial charge on any atom is 0.330 e. The molecule has 17 heavy (non-hydrogen) atoms. The van der Waals surface area contributed by atoms with Crippen LogP contribution in [0.2, 0.25) is 0 Å². The lowest BCUT2D eigenvalue weighted by Crippen LogP contribution is -2.04. The predicted octanol–water partition coefficient (Wildman–Crippen LogP) is 1.56. The van der Waals surface area contributed by atoms with Crippen molar-refractivity contribution in [3.05, 3.63) is 48.0 Å². The molecule has 2 rings (SSSR count). The molecule has 1 atom stereocenters. The van der Waals surface area contributed by atoms with Gasteiger partial charge in [0.25, 0.3) is 0 Å². The van der Waals surface area contributed by atoms with Gasteiger partial charge in [-0.1, -0.05) is 18.2 Å². The summed E-state index contributed by atoms with van der Waals surface area (Å²) in [6.07, 6.45) is 3.05. The minimum atomic E-state index is -0.381. The van der Waals surface area contributed by atoms with Crippen LogP contribution in [0.1, 0.15) is 5.56 Å². The molecular formula is C13H13NO3. The van der Waals surface area contributed by atoms with Gasteiger partial charge in [-0.15, -0.1) is 0 Å². The van der Waals surface area contributed by atoms with E-state index in [9.17, 15) is 4.79 Å². The largest absolute Gasteiger partial charge is 0.475 e. The lowest BCUT2D eigenvalue weighted by Gasteiger charge is -1.99. The third-order valence-corrected chi connectivity index (χ3v) is 2.35. The van der Waals surface area contributed by atoms with Gasteiger partial charge >= 0.3 is 5.97 Å². The van der Waals surface area contributed by atoms with Crippen molar-refractivity contribution in [3.63, 3.8) is 0 Å². The quantitative estimate of drug-likeness (QED) is 0.586. The number of ether oxygens (including phenoxy) is 2. The third kappa shape index (κ3) is 2.93. The van der Waals surface area contributed by atoms with Crippen LogP contribution in [0, 0.1) is 0 Å². The Kier molecular flexibility index (Phi) is 3.55. The molecule has 0 saturated heterocycles. The molecule has 4 nitrogen and oxygen atoms in total. The number of carbonyl (C=O) groups excluding carboxylic acids is 1. The van der Waals surface area contributed by atoms with Gasteiger partial charge in [0.1, 0.15) is 12.6 Å². The van der Waals surface area contributed by atoms with Crippen LogP contribution in [0.5, 0.6) is 0 Å². The Morgan fingerprint density at radius 2 is 2.24 bits per heavy atom. The molecule has 0 unspecified atom stereocenters. The Balaban J connectivity index is 2.04. The minimum Gasteiger partial charge on any atom is -0.475 e. The Labute approximate surface area is 99.6 Å². The Bertz CT molecular complexity index is 451. The summed E-state index contributed by atoms with van der Waals surface area (Å²) in [4.78, 5) is 15.3. The fourth-order valence-electron chi connectivity index (χ4n) is 1.48. The Hall–Kier alpha value is -2.10. The molecule has 0 saturated carbocycles. The van der Waals surface area contributed by atoms with Gasteiger partial charge < -0.3 is 9.47 Å². The van der Waals surface area contributed by atoms with E-state index in [1.807, 2.05) is 30.3 Å². The number of rotatable bonds is 3. The SMILES string of the molecule is COC(=O)/C=C\[C@H]1COC(c2ccccc2)=N1. The number of hydrogen-bond donors (Lipinski definition) is 0. The van der Waals surface area contributed by atoms with E-state index in [0.29, 0.717) is 12.5 Å². The summed E-state index contributed by atoms with van der Waals surface area (Å²) in [5.41, 5.74) is 0.946. The zero-order chi connectivity index (χ0) is 12.1. The average molecular weight is 231 g/mol. The summed E-state index contributed by atoms with van der Waals surface area (Å²) in [7, 11) is 1.34. The van der Waals surface area contributed by atoms with Crippen molar-refractivity contribution in [2.24, 2.45) is 4.99 Å². The highest BCUT2D eigenvalue weighted by Gasteiger charge is 2.17. The van der Waals surface area contributed by atoms with Crippen LogP contribution in [0.25, 0.3) is 0 Å². The number of nitrogens with zero attached hydrogens (tertiary/aromatic N) is 1. The number of hydrogen-bond acceptors (Lipinski definition) is 4. The molecule has 1 aliphatic rings. The number of aliphatic imine (C=N–C) groups is 1. The highest BCUT2D eigenvalue weighted by molar-refractivity contribution is 5.95. The molecule has 1 heterocycles. The molecule has 0 N–H and O–H groups in total. The monoisotopic (exact) mass is 231 g/mol. The van der Waals surface area contributed by atoms with Crippen LogP contribution in [-0.4, -0.2) is 31.6 Å². The minimum absolute atomic E-state index is 0.121. The topological polar surface area (TPSA) is 47.9 Å². The van der Waals surface area contributed by atoms with Crippen LogP contribution in [0.3, 0.4) is 0 Å². The van der Waals surface area contributed by atoms with Crippen molar-refractivity contribution in [2.75, 3.05) is 13.7 Å². The third-order valence-electron chi connectivity index (χ3n) is 2.35. The Morgan fingerprint density at radius 1 is 1.47 bits per heavy atom. The second kappa shape index (κ2) is 5.30. The fourth-order valence-corrected chi connectivity index (χ4v) is 1.48. The van der Waals surface area contributed by atoms with Gasteiger partial charge in [-0.25, -0.2) is 9.79 Å². The summed E-state index contributed by atoms with van der Waals surface area (Å²) in [5.74, 6) is 0.235. The first-order chi connectivity index (χ1) is 8.29. The molecular weight excluding hydrogens is 218 g/mol. The molecule has 1 aromatic rings. The van der Waals surface area contributed by atoms with E-state index in [1.165, 1.54) is 13.2 Å². The molecule has 0 aliphatic carbocycles. The van der Waals surface area contributed by atoms with Gasteiger partial charge in [0.2, 0.25) is 5.90 Å². The second-order valence-corrected chi connectivity index (χ2v) is 3.56. The summed E-state index contributed by atoms with van der Waals surface area (Å²) in [6.45, 7) is 0.456. The van der Waals surface area contributed by atoms with Crippen LogP contribution in [0.15, 0.2) is 47.5 Å². The molecule has 0 amide bonds. The number of benzene rings is 1. The van der Waals surface area contributed by atoms with Crippen LogP contribution in [-0.2, 0) is 14.3 Å². The molecule has 0 bridgehead atoms. The van der Waals surface area contributed by atoms with Crippen molar-refractivity contribution < 1.29 is 14.3 Å². The van der Waals surface area contributed by atoms with Gasteiger partial charge in [-0.2, -0.15) is 0 Å². The van der Waals surface area contributed by atoms with E-state index in [-0.39, 0.29) is 12.0 Å². The van der Waals surface area contributed by atoms with Crippen molar-refractivity contribution in [1.82, 2.24) is 0 Å². The molecule has 1 aromatic carbocycles. The lowest BCUT2D eigenvalue weighted by molar-refractivity contribution is -0.134. The first-order valence-corrected chi connectivity index (χ1v) is 5.32. The zero-order valence-corrected chi connectivity index (χ0v) is 9.50. The van der Waals surface area contributed by atoms with Crippen molar-refractivity contribution >= 4 is 11.9 Å². The predicted molar refractivity (Wildman–Crippen MR) is 63.9 cm³/mol. The summed E-state index contributed by atoms with van der Waals surface area (Å²) < 4.78 is 9.97. The van der Waals surface area contributed by atoms with Crippen LogP contribution < -0.4 is 0 Å². The maximum absolute atomic E-state index is 10.9. The maximum atomic E-state index is 10.9. The molecule has 1 aliphatic heterocycles. The normalized spacial score (nSPS) is 18.9. The van der Waals surface area contributed by atoms with Crippen molar-refractivity contribution in [1.29, 1.82) is 0 Å². The summed E-state index contributed by atoms with van der Waals surface area (Å²) in [5, 5.41) is 0. The highest BCUT2D eigenvalue weighted by atomic mass is 16.5. The summed E-state index contributed by atoms with van der Waals surface area (Å²) >= 11 is 0. The standard InChI is InChI=1S/C13H13NO3/c1-16-12(15)8-7-11-9-17-13(14-11)10-5-3-2-4-6-10/h2-8,11H,9H2,1H3/b8-7-/t11-/m0/s1. The van der Waals surface area contributed by atoms with E-state index >= 15 is 0 Å². The first kappa shape index (κ1) is 11.4. The fraction of sp³-hybridized carbons (Fsp3) is 0.231. The van der Waals surface area contributed by atoms with E-state index in [4.69, 9.17) is 4.74 Å². The molecule has 4 heteroatoms. The van der Waals surface area contributed by atoms with Gasteiger partial charge in [0.05, 0.1) is 7.11 Å². The van der Waals surface area contributed by atoms with Gasteiger partial charge in [0, 0.05) is 11.6 Å². The number of methoxy groups -OCH3 is 1. The summed E-state index contributed by atoms with van der Waals surface area (Å²) in [6, 6.07) is 9.55. The molecule has 88 valence electrons. The van der Waals surface area contributed by atoms with Gasteiger partial charge in [-0.05, 0) is 18.2 Å². The number of esters is 1. The molecule has 0 spiro atoms. The molecule has 0 fully saturated rings. The average Bonchev–Trinajstić information content (AvgIpc) is 2.86. The van der Waals surface area contributed by atoms with E-state index in [1.54, 1.807) is 6.08 Å². The van der Waals surface area contributed by atoms with E-state index in [0.717, 1.165) is 5.56 Å². The molecule has 0 aromatic heterocycles. The van der Waals surface area contributed by atoms with Gasteiger partial charge in [-0.3, -0.25) is 0 Å². The van der Waals surface area contributed by atoms with E-state index in [2.05, 4.69) is 9.73 Å². The highest BCUT2D eigenvalue weighted by Crippen LogP contribution is 2.12. The first-order valence-electron chi connectivity index (χ1n) is 5.32.